The Hall–Kier alpha value is -1.82. The molecule has 0 aromatic rings. The third-order valence-corrected chi connectivity index (χ3v) is 11.2. The molecule has 4 fully saturated rings. The number of hydrogen-bond acceptors (Lipinski definition) is 6. The van der Waals surface area contributed by atoms with Crippen LogP contribution in [-0.2, 0) is 9.53 Å². The molecule has 0 unspecified atom stereocenters. The molecule has 34 heavy (non-hydrogen) atoms. The third kappa shape index (κ3) is 3.30. The number of allylic oxidation sites excluding steroid dienone is 1. The van der Waals surface area contributed by atoms with Crippen molar-refractivity contribution in [1.82, 2.24) is 10.7 Å². The van der Waals surface area contributed by atoms with E-state index in [1.54, 1.807) is 6.08 Å². The second kappa shape index (κ2) is 8.11. The van der Waals surface area contributed by atoms with Crippen molar-refractivity contribution >= 4 is 11.7 Å². The van der Waals surface area contributed by atoms with Gasteiger partial charge < -0.3 is 15.2 Å². The van der Waals surface area contributed by atoms with Gasteiger partial charge in [0, 0.05) is 23.7 Å². The fourth-order valence-corrected chi connectivity index (χ4v) is 9.18. The number of fused-ring (bicyclic) bond motifs is 5. The van der Waals surface area contributed by atoms with Gasteiger partial charge >= 0.3 is 5.97 Å². The van der Waals surface area contributed by atoms with E-state index in [9.17, 15) is 9.90 Å². The van der Waals surface area contributed by atoms with Gasteiger partial charge in [0.25, 0.3) is 0 Å². The van der Waals surface area contributed by atoms with Crippen LogP contribution >= 0.6 is 0 Å². The van der Waals surface area contributed by atoms with Crippen molar-refractivity contribution in [2.24, 2.45) is 39.6 Å². The Bertz CT molecular complexity index is 957. The minimum absolute atomic E-state index is 0.150. The lowest BCUT2D eigenvalue weighted by atomic mass is 9.43. The Morgan fingerprint density at radius 1 is 1.15 bits per heavy atom. The highest BCUT2D eigenvalue weighted by atomic mass is 16.5. The smallest absolute Gasteiger partial charge is 0.331 e. The predicted molar refractivity (Wildman–Crippen MR) is 132 cm³/mol. The van der Waals surface area contributed by atoms with Gasteiger partial charge in [0.1, 0.15) is 12.4 Å². The molecule has 0 bridgehead atoms. The molecule has 0 radical (unpaired) electrons. The zero-order valence-corrected chi connectivity index (χ0v) is 20.9. The minimum Gasteiger partial charge on any atom is -0.458 e. The molecule has 6 rings (SSSR count). The fraction of sp³-hybridized carbons (Fsp3) is 0.786. The maximum Gasteiger partial charge on any atom is 0.331 e. The second-order valence-electron chi connectivity index (χ2n) is 12.5. The Labute approximate surface area is 203 Å². The average Bonchev–Trinajstić information content (AvgIpc) is 3.38. The van der Waals surface area contributed by atoms with Crippen LogP contribution in [0.2, 0.25) is 0 Å². The van der Waals surface area contributed by atoms with Crippen LogP contribution < -0.4 is 10.7 Å². The number of ether oxygens (including phenoxy) is 1. The number of nitrogens with zero attached hydrogens (tertiary/aromatic N) is 1. The van der Waals surface area contributed by atoms with Gasteiger partial charge in [-0.2, -0.15) is 5.10 Å². The van der Waals surface area contributed by atoms with Crippen LogP contribution in [0.15, 0.2) is 28.6 Å². The SMILES string of the molecule is C[C@]12CC/C(=N/NC3=CCCCN3)C[C@H]1CC[C@@H]1[C@@H]2CC[C@]2(C)[C@@H](C3=CC(=O)OC3)CC[C@]12O. The average molecular weight is 468 g/mol. The number of esters is 1. The molecule has 4 aliphatic carbocycles. The van der Waals surface area contributed by atoms with Crippen LogP contribution in [-0.4, -0.2) is 35.5 Å². The molecule has 186 valence electrons. The zero-order valence-electron chi connectivity index (χ0n) is 20.9. The summed E-state index contributed by atoms with van der Waals surface area (Å²) in [5.41, 5.74) is 5.23. The number of aliphatic hydroxyl groups is 1. The van der Waals surface area contributed by atoms with E-state index in [2.05, 4.69) is 30.7 Å². The monoisotopic (exact) mass is 467 g/mol. The van der Waals surface area contributed by atoms with E-state index in [0.717, 1.165) is 62.9 Å². The Morgan fingerprint density at radius 3 is 2.79 bits per heavy atom. The van der Waals surface area contributed by atoms with Crippen molar-refractivity contribution in [2.45, 2.75) is 90.1 Å². The number of carbonyl (C=O) groups excluding carboxylic acids is 1. The van der Waals surface area contributed by atoms with Crippen molar-refractivity contribution in [1.29, 1.82) is 0 Å². The van der Waals surface area contributed by atoms with Crippen molar-refractivity contribution in [2.75, 3.05) is 13.2 Å². The van der Waals surface area contributed by atoms with Crippen LogP contribution in [0.3, 0.4) is 0 Å². The summed E-state index contributed by atoms with van der Waals surface area (Å²) in [7, 11) is 0. The van der Waals surface area contributed by atoms with E-state index in [0.29, 0.717) is 24.4 Å². The molecule has 0 aromatic carbocycles. The lowest BCUT2D eigenvalue weighted by Crippen LogP contribution is -2.62. The molecule has 2 aliphatic heterocycles. The molecule has 0 saturated heterocycles. The normalized spacial score (nSPS) is 47.0. The first-order valence-corrected chi connectivity index (χ1v) is 13.7. The van der Waals surface area contributed by atoms with E-state index < -0.39 is 5.60 Å². The van der Waals surface area contributed by atoms with Gasteiger partial charge in [-0.3, -0.25) is 5.43 Å². The van der Waals surface area contributed by atoms with Crippen LogP contribution in [0, 0.1) is 34.5 Å². The van der Waals surface area contributed by atoms with Crippen molar-refractivity contribution < 1.29 is 14.6 Å². The van der Waals surface area contributed by atoms with Crippen molar-refractivity contribution in [3.8, 4) is 0 Å². The number of carbonyl (C=O) groups is 1. The van der Waals surface area contributed by atoms with Crippen molar-refractivity contribution in [3.63, 3.8) is 0 Å². The molecule has 6 heteroatoms. The van der Waals surface area contributed by atoms with Crippen LogP contribution in [0.4, 0.5) is 0 Å². The predicted octanol–water partition coefficient (Wildman–Crippen LogP) is 4.41. The molecule has 2 heterocycles. The zero-order chi connectivity index (χ0) is 23.6. The first-order valence-electron chi connectivity index (χ1n) is 13.7. The van der Waals surface area contributed by atoms with E-state index in [-0.39, 0.29) is 22.7 Å². The Balaban J connectivity index is 1.19. The van der Waals surface area contributed by atoms with Gasteiger partial charge in [0.15, 0.2) is 0 Å². The molecule has 6 aliphatic rings. The fourth-order valence-electron chi connectivity index (χ4n) is 9.18. The molecular formula is C28H41N3O3. The van der Waals surface area contributed by atoms with Gasteiger partial charge in [0.2, 0.25) is 0 Å². The Morgan fingerprint density at radius 2 is 2.03 bits per heavy atom. The molecule has 3 N–H and O–H groups in total. The summed E-state index contributed by atoms with van der Waals surface area (Å²) < 4.78 is 5.26. The van der Waals surface area contributed by atoms with Gasteiger partial charge in [-0.15, -0.1) is 0 Å². The lowest BCUT2D eigenvalue weighted by molar-refractivity contribution is -0.200. The number of hydrazone groups is 1. The number of nitrogens with one attached hydrogen (secondary N) is 2. The van der Waals surface area contributed by atoms with E-state index in [1.807, 2.05) is 0 Å². The summed E-state index contributed by atoms with van der Waals surface area (Å²) in [6.45, 7) is 6.28. The van der Waals surface area contributed by atoms with Gasteiger partial charge in [0.05, 0.1) is 5.60 Å². The standard InChI is InChI=1S/C28H41N3O3/c1-26-11-8-20(30-31-24-5-3-4-14-29-24)16-19(26)6-7-23-22(26)9-12-27(2)21(10-13-28(23,27)33)18-15-25(32)34-17-18/h5,15,19,21-23,29,31,33H,3-4,6-14,16-17H2,1-2H3/b30-20-/t19-,21-,22+,23-,26+,27-,28+/m1/s1. The van der Waals surface area contributed by atoms with Gasteiger partial charge in [-0.1, -0.05) is 13.8 Å². The largest absolute Gasteiger partial charge is 0.458 e. The number of cyclic esters (lactones) is 1. The number of hydrogen-bond donors (Lipinski definition) is 3. The summed E-state index contributed by atoms with van der Waals surface area (Å²) in [5, 5.41) is 20.6. The highest BCUT2D eigenvalue weighted by Crippen LogP contribution is 2.69. The molecule has 0 aromatic heterocycles. The minimum atomic E-state index is -0.629. The lowest BCUT2D eigenvalue weighted by Gasteiger charge is -2.63. The molecule has 6 nitrogen and oxygen atoms in total. The highest BCUT2D eigenvalue weighted by molar-refractivity contribution is 5.86. The molecule has 4 saturated carbocycles. The summed E-state index contributed by atoms with van der Waals surface area (Å²) in [5.74, 6) is 2.73. The molecule has 7 atom stereocenters. The molecule has 0 amide bonds. The Kier molecular flexibility index (Phi) is 5.40. The highest BCUT2D eigenvalue weighted by Gasteiger charge is 2.67. The summed E-state index contributed by atoms with van der Waals surface area (Å²) in [6.07, 6.45) is 15.9. The first-order chi connectivity index (χ1) is 16.3. The maximum atomic E-state index is 12.3. The van der Waals surface area contributed by atoms with Crippen LogP contribution in [0.25, 0.3) is 0 Å². The van der Waals surface area contributed by atoms with E-state index in [4.69, 9.17) is 9.84 Å². The maximum absolute atomic E-state index is 12.3. The molecule has 0 spiro atoms. The summed E-state index contributed by atoms with van der Waals surface area (Å²) in [4.78, 5) is 11.8. The molecular weight excluding hydrogens is 426 g/mol. The second-order valence-corrected chi connectivity index (χ2v) is 12.5. The number of rotatable bonds is 3. The first kappa shape index (κ1) is 22.6. The van der Waals surface area contributed by atoms with E-state index in [1.165, 1.54) is 31.4 Å². The van der Waals surface area contributed by atoms with Crippen molar-refractivity contribution in [3.05, 3.63) is 23.5 Å². The summed E-state index contributed by atoms with van der Waals surface area (Å²) >= 11 is 0. The van der Waals surface area contributed by atoms with Crippen LogP contribution in [0.1, 0.15) is 84.5 Å². The van der Waals surface area contributed by atoms with Crippen LogP contribution in [0.5, 0.6) is 0 Å². The van der Waals surface area contributed by atoms with Gasteiger partial charge in [-0.05, 0) is 111 Å². The summed E-state index contributed by atoms with van der Waals surface area (Å²) in [6, 6.07) is 0. The van der Waals surface area contributed by atoms with E-state index >= 15 is 0 Å². The van der Waals surface area contributed by atoms with Gasteiger partial charge in [-0.25, -0.2) is 4.79 Å². The third-order valence-electron chi connectivity index (χ3n) is 11.2. The topological polar surface area (TPSA) is 83.0 Å². The quantitative estimate of drug-likeness (QED) is 0.423.